The summed E-state index contributed by atoms with van der Waals surface area (Å²) in [6, 6.07) is 7.89. The van der Waals surface area contributed by atoms with Gasteiger partial charge in [-0.25, -0.2) is 9.79 Å². The molecule has 0 fully saturated rings. The summed E-state index contributed by atoms with van der Waals surface area (Å²) in [5, 5.41) is 9.40. The van der Waals surface area contributed by atoms with Gasteiger partial charge < -0.3 is 14.5 Å². The second kappa shape index (κ2) is 8.05. The van der Waals surface area contributed by atoms with Gasteiger partial charge in [-0.05, 0) is 50.5 Å². The van der Waals surface area contributed by atoms with Crippen LogP contribution in [0.5, 0.6) is 0 Å². The van der Waals surface area contributed by atoms with Crippen molar-refractivity contribution in [3.63, 3.8) is 0 Å². The van der Waals surface area contributed by atoms with Crippen molar-refractivity contribution in [3.05, 3.63) is 35.4 Å². The summed E-state index contributed by atoms with van der Waals surface area (Å²) in [4.78, 5) is 20.0. The molecule has 0 saturated heterocycles. The van der Waals surface area contributed by atoms with Crippen LogP contribution in [0.1, 0.15) is 38.3 Å². The smallest absolute Gasteiger partial charge is 0.410 e. The van der Waals surface area contributed by atoms with Crippen LogP contribution in [0.15, 0.2) is 29.3 Å². The van der Waals surface area contributed by atoms with E-state index in [2.05, 4.69) is 11.1 Å². The molecule has 0 unspecified atom stereocenters. The first-order valence-corrected chi connectivity index (χ1v) is 8.61. The van der Waals surface area contributed by atoms with Crippen molar-refractivity contribution >= 4 is 23.7 Å². The molecule has 1 amide bonds. The highest BCUT2D eigenvalue weighted by Gasteiger charge is 2.24. The first-order chi connectivity index (χ1) is 12.2. The lowest BCUT2D eigenvalue weighted by Crippen LogP contribution is -2.39. The fourth-order valence-corrected chi connectivity index (χ4v) is 2.54. The van der Waals surface area contributed by atoms with Crippen LogP contribution in [0.3, 0.4) is 0 Å². The van der Waals surface area contributed by atoms with Crippen LogP contribution in [0.25, 0.3) is 5.57 Å². The number of ether oxygens (including phenoxy) is 1. The molecule has 26 heavy (non-hydrogen) atoms. The molecule has 0 bridgehead atoms. The number of carbonyl (C=O) groups excluding carboxylic acids is 1. The number of benzene rings is 1. The number of amides is 1. The Morgan fingerprint density at radius 2 is 2.12 bits per heavy atom. The molecule has 1 aromatic carbocycles. The number of aliphatic imine (C=N–C) groups is 1. The maximum atomic E-state index is 12.1. The number of carbonyl (C=O) groups is 1. The predicted octanol–water partition coefficient (Wildman–Crippen LogP) is 3.80. The maximum Gasteiger partial charge on any atom is 0.410 e. The van der Waals surface area contributed by atoms with Crippen molar-refractivity contribution in [1.29, 1.82) is 5.26 Å². The molecule has 0 atom stereocenters. The number of rotatable bonds is 3. The normalized spacial score (nSPS) is 14.8. The molecule has 2 rings (SSSR count). The van der Waals surface area contributed by atoms with Gasteiger partial charge in [-0.15, -0.1) is 0 Å². The molecule has 6 heteroatoms. The highest BCUT2D eigenvalue weighted by molar-refractivity contribution is 5.75. The molecular weight excluding hydrogens is 328 g/mol. The lowest BCUT2D eigenvalue weighted by atomic mass is 9.97. The first kappa shape index (κ1) is 19.5. The summed E-state index contributed by atoms with van der Waals surface area (Å²) in [6.07, 6.45) is 4.13. The van der Waals surface area contributed by atoms with Gasteiger partial charge in [-0.2, -0.15) is 5.26 Å². The molecular formula is C20H26N4O2. The minimum absolute atomic E-state index is 0.293. The number of nitriles is 1. The van der Waals surface area contributed by atoms with Crippen molar-refractivity contribution < 1.29 is 9.53 Å². The zero-order valence-electron chi connectivity index (χ0n) is 16.1. The molecule has 0 spiro atoms. The van der Waals surface area contributed by atoms with E-state index in [1.807, 2.05) is 64.0 Å². The molecule has 1 aliphatic rings. The van der Waals surface area contributed by atoms with Gasteiger partial charge in [0.25, 0.3) is 0 Å². The third-order valence-electron chi connectivity index (χ3n) is 3.78. The van der Waals surface area contributed by atoms with Gasteiger partial charge in [-0.3, -0.25) is 0 Å². The summed E-state index contributed by atoms with van der Waals surface area (Å²) in [5.41, 5.74) is 2.82. The Morgan fingerprint density at radius 1 is 1.38 bits per heavy atom. The standard InChI is InChI=1S/C20H26N4O2/c1-20(2,3)26-19(25)24-10-8-15(9-11-24)16-6-7-18(17(12-16)13-21)22-14-23(4)5/h6-8,12,14H,9-11H2,1-5H3/b22-14+. The number of hydrogen-bond acceptors (Lipinski definition) is 4. The van der Waals surface area contributed by atoms with Crippen molar-refractivity contribution in [2.24, 2.45) is 4.99 Å². The van der Waals surface area contributed by atoms with Gasteiger partial charge in [0.2, 0.25) is 0 Å². The van der Waals surface area contributed by atoms with Gasteiger partial charge in [-0.1, -0.05) is 12.1 Å². The second-order valence-electron chi connectivity index (χ2n) is 7.46. The summed E-state index contributed by atoms with van der Waals surface area (Å²) in [7, 11) is 3.76. The quantitative estimate of drug-likeness (QED) is 0.611. The Morgan fingerprint density at radius 3 is 2.65 bits per heavy atom. The van der Waals surface area contributed by atoms with Crippen molar-refractivity contribution in [2.45, 2.75) is 32.8 Å². The third kappa shape index (κ3) is 5.35. The molecule has 0 aliphatic carbocycles. The Kier molecular flexibility index (Phi) is 6.04. The van der Waals surface area contributed by atoms with Gasteiger partial charge in [0.1, 0.15) is 11.7 Å². The molecule has 0 aromatic heterocycles. The van der Waals surface area contributed by atoms with Crippen LogP contribution in [-0.4, -0.2) is 55.0 Å². The third-order valence-corrected chi connectivity index (χ3v) is 3.78. The van der Waals surface area contributed by atoms with E-state index < -0.39 is 5.60 Å². The minimum atomic E-state index is -0.494. The zero-order chi connectivity index (χ0) is 19.3. The minimum Gasteiger partial charge on any atom is -0.444 e. The number of hydrogen-bond donors (Lipinski definition) is 0. The van der Waals surface area contributed by atoms with Gasteiger partial charge >= 0.3 is 6.09 Å². The van der Waals surface area contributed by atoms with Crippen LogP contribution >= 0.6 is 0 Å². The number of nitrogens with zero attached hydrogens (tertiary/aromatic N) is 4. The Bertz CT molecular complexity index is 767. The van der Waals surface area contributed by atoms with E-state index in [4.69, 9.17) is 4.74 Å². The second-order valence-corrected chi connectivity index (χ2v) is 7.46. The van der Waals surface area contributed by atoms with E-state index in [0.717, 1.165) is 17.6 Å². The SMILES string of the molecule is CN(C)/C=N/c1ccc(C2=CCN(C(=O)OC(C)(C)C)CC2)cc1C#N. The van der Waals surface area contributed by atoms with Crippen molar-refractivity contribution in [1.82, 2.24) is 9.80 Å². The molecule has 6 nitrogen and oxygen atoms in total. The summed E-state index contributed by atoms with van der Waals surface area (Å²) >= 11 is 0. The van der Waals surface area contributed by atoms with Crippen LogP contribution in [0.4, 0.5) is 10.5 Å². The summed E-state index contributed by atoms with van der Waals surface area (Å²) in [5.74, 6) is 0. The molecule has 138 valence electrons. The largest absolute Gasteiger partial charge is 0.444 e. The van der Waals surface area contributed by atoms with Crippen LogP contribution < -0.4 is 0 Å². The molecule has 0 saturated carbocycles. The Balaban J connectivity index is 2.13. The average Bonchev–Trinajstić information content (AvgIpc) is 2.58. The molecule has 1 heterocycles. The van der Waals surface area contributed by atoms with E-state index >= 15 is 0 Å². The monoisotopic (exact) mass is 354 g/mol. The van der Waals surface area contributed by atoms with Crippen molar-refractivity contribution in [3.8, 4) is 6.07 Å². The van der Waals surface area contributed by atoms with Crippen molar-refractivity contribution in [2.75, 3.05) is 27.2 Å². The first-order valence-electron chi connectivity index (χ1n) is 8.61. The van der Waals surface area contributed by atoms with E-state index in [1.54, 1.807) is 11.2 Å². The zero-order valence-corrected chi connectivity index (χ0v) is 16.1. The maximum absolute atomic E-state index is 12.1. The summed E-state index contributed by atoms with van der Waals surface area (Å²) < 4.78 is 5.41. The predicted molar refractivity (Wildman–Crippen MR) is 103 cm³/mol. The van der Waals surface area contributed by atoms with E-state index in [9.17, 15) is 10.1 Å². The fourth-order valence-electron chi connectivity index (χ4n) is 2.54. The highest BCUT2D eigenvalue weighted by atomic mass is 16.6. The van der Waals surface area contributed by atoms with Gasteiger partial charge in [0, 0.05) is 27.2 Å². The van der Waals surface area contributed by atoms with Gasteiger partial charge in [0.05, 0.1) is 17.6 Å². The molecule has 1 aromatic rings. The topological polar surface area (TPSA) is 68.9 Å². The van der Waals surface area contributed by atoms with Crippen LogP contribution in [0, 0.1) is 11.3 Å². The van der Waals surface area contributed by atoms with Crippen LogP contribution in [-0.2, 0) is 4.74 Å². The average molecular weight is 354 g/mol. The lowest BCUT2D eigenvalue weighted by molar-refractivity contribution is 0.0270. The lowest BCUT2D eigenvalue weighted by Gasteiger charge is -2.29. The fraction of sp³-hybridized carbons (Fsp3) is 0.450. The van der Waals surface area contributed by atoms with Crippen LogP contribution in [0.2, 0.25) is 0 Å². The summed E-state index contributed by atoms with van der Waals surface area (Å²) in [6.45, 7) is 6.69. The Hall–Kier alpha value is -2.81. The molecule has 1 aliphatic heterocycles. The van der Waals surface area contributed by atoms with E-state index in [1.165, 1.54) is 0 Å². The van der Waals surface area contributed by atoms with E-state index in [0.29, 0.717) is 24.3 Å². The highest BCUT2D eigenvalue weighted by Crippen LogP contribution is 2.28. The molecule has 0 radical (unpaired) electrons. The van der Waals surface area contributed by atoms with E-state index in [-0.39, 0.29) is 6.09 Å². The van der Waals surface area contributed by atoms with Gasteiger partial charge in [0.15, 0.2) is 0 Å². The Labute approximate surface area is 155 Å². The molecule has 0 N–H and O–H groups in total.